The summed E-state index contributed by atoms with van der Waals surface area (Å²) in [5, 5.41) is 28.3. The first-order valence-electron chi connectivity index (χ1n) is 10.4. The lowest BCUT2D eigenvalue weighted by Gasteiger charge is -2.04. The fourth-order valence-electron chi connectivity index (χ4n) is 3.84. The highest BCUT2D eigenvalue weighted by Gasteiger charge is 2.08. The van der Waals surface area contributed by atoms with Crippen LogP contribution in [0.5, 0.6) is 0 Å². The molecule has 3 aromatic heterocycles. The highest BCUT2D eigenvalue weighted by molar-refractivity contribution is 7.08. The fourth-order valence-corrected chi connectivity index (χ4v) is 5.89. The minimum absolute atomic E-state index is 0.0614. The van der Waals surface area contributed by atoms with Crippen molar-refractivity contribution < 1.29 is 0 Å². The van der Waals surface area contributed by atoms with Gasteiger partial charge in [0.2, 0.25) is 0 Å². The topological polar surface area (TPSA) is 76.4 Å². The molecule has 1 aliphatic carbocycles. The molecule has 1 aromatic carbocycles. The van der Waals surface area contributed by atoms with Gasteiger partial charge >= 0.3 is 0 Å². The predicted molar refractivity (Wildman–Crippen MR) is 137 cm³/mol. The van der Waals surface area contributed by atoms with Gasteiger partial charge in [-0.05, 0) is 60.0 Å². The van der Waals surface area contributed by atoms with Gasteiger partial charge in [0.1, 0.15) is 17.7 Å². The van der Waals surface area contributed by atoms with E-state index in [2.05, 4.69) is 65.1 Å². The molecule has 0 aliphatic heterocycles. The SMILES string of the molecule is N#CC(=C=N)C(C#N)=c1ccc(=c2ccc(=c3ccc(=C4C=CC=C4)s3)n2-c2ccccc2)s1. The maximum absolute atomic E-state index is 9.58. The predicted octanol–water partition coefficient (Wildman–Crippen LogP) is 4.82. The van der Waals surface area contributed by atoms with Gasteiger partial charge in [-0.15, -0.1) is 22.7 Å². The second-order valence-electron chi connectivity index (χ2n) is 7.37. The normalized spacial score (nSPS) is 14.9. The fraction of sp³-hybridized carbons (Fsp3) is 0. The lowest BCUT2D eigenvalue weighted by Crippen LogP contribution is -1.99. The van der Waals surface area contributed by atoms with E-state index >= 15 is 0 Å². The van der Waals surface area contributed by atoms with Gasteiger partial charge < -0.3 is 4.57 Å². The first kappa shape index (κ1) is 21.4. The van der Waals surface area contributed by atoms with E-state index in [1.807, 2.05) is 48.6 Å². The molecule has 0 fully saturated rings. The van der Waals surface area contributed by atoms with Crippen LogP contribution in [0.2, 0.25) is 0 Å². The van der Waals surface area contributed by atoms with Crippen LogP contribution in [0, 0.1) is 47.8 Å². The second kappa shape index (κ2) is 9.19. The third-order valence-corrected chi connectivity index (χ3v) is 7.69. The zero-order valence-corrected chi connectivity index (χ0v) is 19.5. The number of rotatable bonds is 2. The van der Waals surface area contributed by atoms with Crippen molar-refractivity contribution in [3.05, 3.63) is 125 Å². The van der Waals surface area contributed by atoms with E-state index in [9.17, 15) is 10.5 Å². The van der Waals surface area contributed by atoms with Crippen LogP contribution in [0.25, 0.3) is 16.8 Å². The lowest BCUT2D eigenvalue weighted by atomic mass is 10.1. The molecular weight excluding hydrogens is 456 g/mol. The molecule has 0 bridgehead atoms. The van der Waals surface area contributed by atoms with Crippen molar-refractivity contribution in [2.45, 2.75) is 0 Å². The maximum atomic E-state index is 9.58. The molecule has 1 N–H and O–H groups in total. The average molecular weight is 473 g/mol. The number of hydrogen-bond acceptors (Lipinski definition) is 5. The summed E-state index contributed by atoms with van der Waals surface area (Å²) in [5.41, 5.74) is 2.36. The molecule has 34 heavy (non-hydrogen) atoms. The van der Waals surface area contributed by atoms with Crippen molar-refractivity contribution >= 4 is 39.7 Å². The Labute approximate surface area is 203 Å². The number of aromatic nitrogens is 1. The van der Waals surface area contributed by atoms with Crippen LogP contribution in [0.4, 0.5) is 0 Å². The standard InChI is InChI=1S/C28H16N4S2/c29-16-20(17-30)22(18-31)26-13-15-28(34-26)24-11-10-23(32(24)21-8-2-1-3-9-21)27-14-12-25(33-27)19-6-4-5-7-19/h1-15,29H. The molecule has 0 spiro atoms. The molecule has 6 heteroatoms. The van der Waals surface area contributed by atoms with Gasteiger partial charge in [-0.1, -0.05) is 42.5 Å². The van der Waals surface area contributed by atoms with Crippen LogP contribution in [0.15, 0.2) is 96.6 Å². The third kappa shape index (κ3) is 3.79. The van der Waals surface area contributed by atoms with Crippen molar-refractivity contribution in [1.82, 2.24) is 4.57 Å². The molecule has 4 aromatic rings. The van der Waals surface area contributed by atoms with Crippen LogP contribution < -0.4 is 9.06 Å². The molecular formula is C28H16N4S2. The Kier molecular flexibility index (Phi) is 5.79. The van der Waals surface area contributed by atoms with Crippen molar-refractivity contribution in [3.8, 4) is 17.8 Å². The van der Waals surface area contributed by atoms with Crippen LogP contribution in [0.3, 0.4) is 0 Å². The average Bonchev–Trinajstić information content (AvgIpc) is 3.68. The van der Waals surface area contributed by atoms with Gasteiger partial charge in [-0.3, -0.25) is 5.41 Å². The number of nitrogens with zero attached hydrogens (tertiary/aromatic N) is 3. The number of allylic oxidation sites excluding steroid dienone is 5. The van der Waals surface area contributed by atoms with Crippen LogP contribution in [-0.4, -0.2) is 10.4 Å². The smallest absolute Gasteiger partial charge is 0.132 e. The van der Waals surface area contributed by atoms with E-state index in [1.165, 1.54) is 21.4 Å². The molecule has 160 valence electrons. The number of para-hydroxylation sites is 1. The Morgan fingerprint density at radius 3 is 2.03 bits per heavy atom. The minimum atomic E-state index is -0.0614. The Morgan fingerprint density at radius 2 is 1.38 bits per heavy atom. The maximum Gasteiger partial charge on any atom is 0.132 e. The Hall–Kier alpha value is -4.45. The Morgan fingerprint density at radius 1 is 0.735 bits per heavy atom. The minimum Gasteiger partial charge on any atom is -0.308 e. The summed E-state index contributed by atoms with van der Waals surface area (Å²) in [7, 11) is 0. The van der Waals surface area contributed by atoms with Gasteiger partial charge in [0, 0.05) is 14.8 Å². The molecule has 3 heterocycles. The molecule has 0 amide bonds. The molecule has 4 nitrogen and oxygen atoms in total. The van der Waals surface area contributed by atoms with E-state index in [0.717, 1.165) is 25.5 Å². The van der Waals surface area contributed by atoms with Crippen molar-refractivity contribution in [2.75, 3.05) is 0 Å². The van der Waals surface area contributed by atoms with E-state index in [-0.39, 0.29) is 11.1 Å². The number of hydrogen-bond donors (Lipinski definition) is 1. The van der Waals surface area contributed by atoms with Gasteiger partial charge in [0.25, 0.3) is 0 Å². The molecule has 1 aliphatic rings. The summed E-state index contributed by atoms with van der Waals surface area (Å²) in [6.07, 6.45) is 8.33. The summed E-state index contributed by atoms with van der Waals surface area (Å²) in [4.78, 5) is 0. The largest absolute Gasteiger partial charge is 0.308 e. The monoisotopic (exact) mass is 472 g/mol. The number of thiophene rings is 2. The first-order chi connectivity index (χ1) is 16.7. The van der Waals surface area contributed by atoms with E-state index in [0.29, 0.717) is 4.53 Å². The molecule has 0 unspecified atom stereocenters. The summed E-state index contributed by atoms with van der Waals surface area (Å²) in [5.74, 6) is 2.08. The second-order valence-corrected chi connectivity index (χ2v) is 9.54. The Bertz CT molecular complexity index is 1920. The zero-order chi connectivity index (χ0) is 23.5. The first-order valence-corrected chi connectivity index (χ1v) is 12.0. The molecule has 0 radical (unpaired) electrons. The summed E-state index contributed by atoms with van der Waals surface area (Å²) in [6, 6.07) is 26.4. The summed E-state index contributed by atoms with van der Waals surface area (Å²) >= 11 is 3.18. The van der Waals surface area contributed by atoms with Gasteiger partial charge in [0.05, 0.1) is 25.3 Å². The Balaban J connectivity index is 1.92. The van der Waals surface area contributed by atoms with Gasteiger partial charge in [0.15, 0.2) is 0 Å². The van der Waals surface area contributed by atoms with Gasteiger partial charge in [-0.2, -0.15) is 10.5 Å². The van der Waals surface area contributed by atoms with Crippen molar-refractivity contribution in [1.29, 1.82) is 15.9 Å². The number of nitrogens with one attached hydrogen (secondary N) is 1. The zero-order valence-electron chi connectivity index (χ0n) is 17.8. The van der Waals surface area contributed by atoms with Crippen molar-refractivity contribution in [3.63, 3.8) is 0 Å². The van der Waals surface area contributed by atoms with E-state index in [4.69, 9.17) is 5.41 Å². The summed E-state index contributed by atoms with van der Waals surface area (Å²) in [6.45, 7) is 0. The highest BCUT2D eigenvalue weighted by Crippen LogP contribution is 2.16. The highest BCUT2D eigenvalue weighted by atomic mass is 32.1. The molecule has 5 rings (SSSR count). The third-order valence-electron chi connectivity index (χ3n) is 5.40. The van der Waals surface area contributed by atoms with E-state index in [1.54, 1.807) is 11.3 Å². The quantitative estimate of drug-likeness (QED) is 0.335. The van der Waals surface area contributed by atoms with Crippen LogP contribution >= 0.6 is 22.7 Å². The van der Waals surface area contributed by atoms with Crippen LogP contribution in [0.1, 0.15) is 0 Å². The van der Waals surface area contributed by atoms with Crippen molar-refractivity contribution in [2.24, 2.45) is 0 Å². The molecule has 0 atom stereocenters. The number of nitriles is 2. The van der Waals surface area contributed by atoms with Gasteiger partial charge in [-0.25, -0.2) is 0 Å². The number of benzene rings is 1. The molecule has 0 saturated carbocycles. The van der Waals surface area contributed by atoms with Crippen LogP contribution in [-0.2, 0) is 0 Å². The van der Waals surface area contributed by atoms with E-state index < -0.39 is 0 Å². The molecule has 0 saturated heterocycles. The summed E-state index contributed by atoms with van der Waals surface area (Å²) < 4.78 is 6.21. The lowest BCUT2D eigenvalue weighted by molar-refractivity contribution is 0.998.